The maximum absolute atomic E-state index is 14.9. The van der Waals surface area contributed by atoms with Gasteiger partial charge in [0, 0.05) is 31.2 Å². The second-order valence-electron chi connectivity index (χ2n) is 7.93. The lowest BCUT2D eigenvalue weighted by molar-refractivity contribution is 0.446. The molecule has 2 rings (SSSR count). The first kappa shape index (κ1) is 25.8. The Morgan fingerprint density at radius 3 is 2.58 bits per heavy atom. The van der Waals surface area contributed by atoms with E-state index in [2.05, 4.69) is 45.3 Å². The van der Waals surface area contributed by atoms with Crippen LogP contribution in [0.1, 0.15) is 38.3 Å². The molecule has 0 amide bonds. The van der Waals surface area contributed by atoms with Gasteiger partial charge in [0.15, 0.2) is 11.6 Å². The summed E-state index contributed by atoms with van der Waals surface area (Å²) >= 11 is 0. The van der Waals surface area contributed by atoms with Crippen molar-refractivity contribution >= 4 is 29.1 Å². The molecule has 1 unspecified atom stereocenters. The Kier molecular flexibility index (Phi) is 9.31. The molecule has 0 saturated carbocycles. The molecule has 0 spiro atoms. The maximum Gasteiger partial charge on any atom is 0.166 e. The predicted octanol–water partition coefficient (Wildman–Crippen LogP) is 4.90. The van der Waals surface area contributed by atoms with Crippen LogP contribution in [0.4, 0.5) is 27.4 Å². The highest BCUT2D eigenvalue weighted by Gasteiger charge is 2.20. The number of likely N-dealkylation sites (N-methyl/N-ethyl adjacent to an activating group) is 1. The van der Waals surface area contributed by atoms with Gasteiger partial charge in [-0.1, -0.05) is 45.1 Å². The molecule has 0 fully saturated rings. The van der Waals surface area contributed by atoms with Gasteiger partial charge in [-0.05, 0) is 43.7 Å². The fourth-order valence-electron chi connectivity index (χ4n) is 3.34. The fourth-order valence-corrected chi connectivity index (χ4v) is 3.34. The normalized spacial score (nSPS) is 12.3. The molecule has 2 atom stereocenters. The standard InChI is InChI=1S/C26H35FN6/c1-9-17(5)29-18(6)24(28-12-4)31-26-22(27)15-20(11-3)25(32-26)30-21-14-13-19(10-2)23(16-21)33(7)8/h3,10,13-16,18,24,28-29H,2,5,9,12H2,1,4,6-8H3,(H2,30,31,32)/t18-,24?/m0/s1. The van der Waals surface area contributed by atoms with Crippen LogP contribution in [0.15, 0.2) is 43.1 Å². The summed E-state index contributed by atoms with van der Waals surface area (Å²) in [5, 5.41) is 13.1. The summed E-state index contributed by atoms with van der Waals surface area (Å²) in [5.41, 5.74) is 4.01. The van der Waals surface area contributed by atoms with Gasteiger partial charge in [-0.25, -0.2) is 9.37 Å². The average Bonchev–Trinajstić information content (AvgIpc) is 2.80. The molecule has 33 heavy (non-hydrogen) atoms. The lowest BCUT2D eigenvalue weighted by Gasteiger charge is -2.28. The summed E-state index contributed by atoms with van der Waals surface area (Å²) in [7, 11) is 3.92. The van der Waals surface area contributed by atoms with Gasteiger partial charge in [0.2, 0.25) is 0 Å². The van der Waals surface area contributed by atoms with Crippen LogP contribution in [0.3, 0.4) is 0 Å². The number of anilines is 4. The van der Waals surface area contributed by atoms with Crippen molar-refractivity contribution in [2.45, 2.75) is 39.4 Å². The fraction of sp³-hybridized carbons (Fsp3) is 0.346. The predicted molar refractivity (Wildman–Crippen MR) is 139 cm³/mol. The Balaban J connectivity index is 2.38. The summed E-state index contributed by atoms with van der Waals surface area (Å²) in [5.74, 6) is 2.50. The third kappa shape index (κ3) is 6.74. The first-order chi connectivity index (χ1) is 15.7. The number of terminal acetylenes is 1. The highest BCUT2D eigenvalue weighted by molar-refractivity contribution is 5.74. The van der Waals surface area contributed by atoms with Crippen molar-refractivity contribution in [1.82, 2.24) is 15.6 Å². The van der Waals surface area contributed by atoms with Crippen LogP contribution in [-0.4, -0.2) is 37.8 Å². The highest BCUT2D eigenvalue weighted by atomic mass is 19.1. The van der Waals surface area contributed by atoms with Gasteiger partial charge >= 0.3 is 0 Å². The lowest BCUT2D eigenvalue weighted by Crippen LogP contribution is -2.50. The molecule has 1 heterocycles. The van der Waals surface area contributed by atoms with E-state index in [-0.39, 0.29) is 18.0 Å². The van der Waals surface area contributed by atoms with Gasteiger partial charge in [-0.3, -0.25) is 5.32 Å². The number of nitrogens with zero attached hydrogens (tertiary/aromatic N) is 2. The molecule has 0 aliphatic heterocycles. The van der Waals surface area contributed by atoms with Gasteiger partial charge < -0.3 is 20.9 Å². The molecule has 2 aromatic rings. The van der Waals surface area contributed by atoms with Crippen molar-refractivity contribution in [2.75, 3.05) is 36.2 Å². The third-order valence-electron chi connectivity index (χ3n) is 5.20. The summed E-state index contributed by atoms with van der Waals surface area (Å²) in [4.78, 5) is 6.49. The van der Waals surface area contributed by atoms with E-state index < -0.39 is 5.82 Å². The monoisotopic (exact) mass is 450 g/mol. The summed E-state index contributed by atoms with van der Waals surface area (Å²) in [6.07, 6.45) is 7.97. The smallest absolute Gasteiger partial charge is 0.166 e. The molecule has 0 aliphatic rings. The first-order valence-corrected chi connectivity index (χ1v) is 11.1. The molecule has 7 heteroatoms. The number of hydrogen-bond donors (Lipinski definition) is 4. The summed E-state index contributed by atoms with van der Waals surface area (Å²) in [6.45, 7) is 14.6. The number of pyridine rings is 1. The van der Waals surface area contributed by atoms with Crippen LogP contribution in [0, 0.1) is 18.2 Å². The Bertz CT molecular complexity index is 1020. The number of nitrogens with one attached hydrogen (secondary N) is 4. The zero-order valence-corrected chi connectivity index (χ0v) is 20.2. The molecule has 0 saturated heterocycles. The van der Waals surface area contributed by atoms with Crippen molar-refractivity contribution in [3.8, 4) is 12.3 Å². The Morgan fingerprint density at radius 1 is 1.27 bits per heavy atom. The molecule has 0 bridgehead atoms. The molecule has 0 radical (unpaired) electrons. The Hall–Kier alpha value is -3.50. The van der Waals surface area contributed by atoms with Gasteiger partial charge in [-0.2, -0.15) is 0 Å². The number of rotatable bonds is 12. The molecule has 0 aliphatic carbocycles. The zero-order chi connectivity index (χ0) is 24.5. The van der Waals surface area contributed by atoms with Gasteiger partial charge in [0.1, 0.15) is 5.82 Å². The van der Waals surface area contributed by atoms with E-state index in [9.17, 15) is 4.39 Å². The van der Waals surface area contributed by atoms with Crippen molar-refractivity contribution in [1.29, 1.82) is 0 Å². The number of benzene rings is 1. The summed E-state index contributed by atoms with van der Waals surface area (Å²) in [6, 6.07) is 7.09. The van der Waals surface area contributed by atoms with Crippen molar-refractivity contribution in [3.63, 3.8) is 0 Å². The van der Waals surface area contributed by atoms with E-state index in [1.807, 2.05) is 58.0 Å². The largest absolute Gasteiger partial charge is 0.383 e. The zero-order valence-electron chi connectivity index (χ0n) is 20.2. The van der Waals surface area contributed by atoms with E-state index in [1.165, 1.54) is 6.07 Å². The minimum Gasteiger partial charge on any atom is -0.383 e. The summed E-state index contributed by atoms with van der Waals surface area (Å²) < 4.78 is 14.9. The molecular formula is C26H35FN6. The average molecular weight is 451 g/mol. The van der Waals surface area contributed by atoms with E-state index in [0.717, 1.165) is 29.1 Å². The minimum atomic E-state index is -0.520. The molecular weight excluding hydrogens is 415 g/mol. The van der Waals surface area contributed by atoms with Crippen molar-refractivity contribution in [2.24, 2.45) is 0 Å². The number of allylic oxidation sites excluding steroid dienone is 1. The van der Waals surface area contributed by atoms with E-state index in [1.54, 1.807) is 6.08 Å². The van der Waals surface area contributed by atoms with Crippen LogP contribution in [0.25, 0.3) is 6.08 Å². The Morgan fingerprint density at radius 2 is 2.00 bits per heavy atom. The van der Waals surface area contributed by atoms with E-state index in [4.69, 9.17) is 6.42 Å². The van der Waals surface area contributed by atoms with Gasteiger partial charge in [0.25, 0.3) is 0 Å². The lowest BCUT2D eigenvalue weighted by atomic mass is 10.1. The molecule has 6 nitrogen and oxygen atoms in total. The molecule has 176 valence electrons. The first-order valence-electron chi connectivity index (χ1n) is 11.1. The van der Waals surface area contributed by atoms with Gasteiger partial charge in [0.05, 0.1) is 17.8 Å². The maximum atomic E-state index is 14.9. The van der Waals surface area contributed by atoms with Crippen LogP contribution in [-0.2, 0) is 0 Å². The van der Waals surface area contributed by atoms with Crippen LogP contribution < -0.4 is 26.2 Å². The second-order valence-corrected chi connectivity index (χ2v) is 7.93. The minimum absolute atomic E-state index is 0.0589. The van der Waals surface area contributed by atoms with Crippen molar-refractivity contribution in [3.05, 3.63) is 60.1 Å². The number of hydrogen-bond acceptors (Lipinski definition) is 6. The SMILES string of the molecule is C#Cc1cc(F)c(NC(NCC)[C@H](C)NC(=C)CC)nc1Nc1ccc(C=C)c(N(C)C)c1. The van der Waals surface area contributed by atoms with Gasteiger partial charge in [-0.15, -0.1) is 6.42 Å². The van der Waals surface area contributed by atoms with E-state index >= 15 is 0 Å². The van der Waals surface area contributed by atoms with Crippen molar-refractivity contribution < 1.29 is 4.39 Å². The number of aromatic nitrogens is 1. The number of halogens is 1. The molecule has 1 aromatic carbocycles. The quantitative estimate of drug-likeness (QED) is 0.272. The topological polar surface area (TPSA) is 64.2 Å². The van der Waals surface area contributed by atoms with Crippen LogP contribution in [0.2, 0.25) is 0 Å². The molecule has 4 N–H and O–H groups in total. The second kappa shape index (κ2) is 11.9. The Labute approximate surface area is 197 Å². The van der Waals surface area contributed by atoms with Crippen LogP contribution in [0.5, 0.6) is 0 Å². The van der Waals surface area contributed by atoms with Crippen LogP contribution >= 0.6 is 0 Å². The van der Waals surface area contributed by atoms with E-state index in [0.29, 0.717) is 17.9 Å². The highest BCUT2D eigenvalue weighted by Crippen LogP contribution is 2.28. The molecule has 1 aromatic heterocycles. The third-order valence-corrected chi connectivity index (χ3v) is 5.20.